The molecule has 0 unspecified atom stereocenters. The molecule has 0 bridgehead atoms. The van der Waals surface area contributed by atoms with E-state index >= 15 is 0 Å². The van der Waals surface area contributed by atoms with Gasteiger partial charge in [-0.3, -0.25) is 0 Å². The molecule has 2 aromatic rings. The zero-order chi connectivity index (χ0) is 14.0. The number of thiocarbonyl (C=S) groups is 1. The Hall–Kier alpha value is -1.07. The molecule has 0 aliphatic heterocycles. The molecule has 0 amide bonds. The normalized spacial score (nSPS) is 10.3. The molecule has 1 aromatic heterocycles. The third-order valence-corrected chi connectivity index (χ3v) is 3.46. The molecule has 0 atom stereocenters. The van der Waals surface area contributed by atoms with Gasteiger partial charge in [0.15, 0.2) is 0 Å². The summed E-state index contributed by atoms with van der Waals surface area (Å²) in [4.78, 5) is 4.24. The number of ether oxygens (including phenoxy) is 1. The van der Waals surface area contributed by atoms with Gasteiger partial charge in [0, 0.05) is 12.3 Å². The van der Waals surface area contributed by atoms with E-state index in [1.807, 2.05) is 0 Å². The molecular formula is C12H7Cl3N2OS. The second-order valence-corrected chi connectivity index (χ2v) is 5.18. The number of benzene rings is 1. The molecule has 1 heterocycles. The lowest BCUT2D eigenvalue weighted by molar-refractivity contribution is 0.462. The predicted octanol–water partition coefficient (Wildman–Crippen LogP) is 4.47. The Morgan fingerprint density at radius 2 is 1.84 bits per heavy atom. The molecule has 0 aliphatic carbocycles. The summed E-state index contributed by atoms with van der Waals surface area (Å²) in [5.74, 6) is 0.586. The van der Waals surface area contributed by atoms with Crippen LogP contribution in [0.15, 0.2) is 30.5 Å². The fraction of sp³-hybridized carbons (Fsp3) is 0. The van der Waals surface area contributed by atoms with Crippen molar-refractivity contribution < 1.29 is 4.74 Å². The molecule has 7 heteroatoms. The van der Waals surface area contributed by atoms with E-state index in [1.165, 1.54) is 12.1 Å². The van der Waals surface area contributed by atoms with Crippen LogP contribution < -0.4 is 10.5 Å². The maximum atomic E-state index is 6.02. The van der Waals surface area contributed by atoms with Crippen LogP contribution in [0.5, 0.6) is 11.6 Å². The van der Waals surface area contributed by atoms with E-state index in [1.54, 1.807) is 18.3 Å². The quantitative estimate of drug-likeness (QED) is 0.665. The zero-order valence-corrected chi connectivity index (χ0v) is 12.4. The number of hydrogen-bond acceptors (Lipinski definition) is 3. The Balaban J connectivity index is 2.42. The van der Waals surface area contributed by atoms with Crippen molar-refractivity contribution in [2.75, 3.05) is 0 Å². The van der Waals surface area contributed by atoms with Gasteiger partial charge in [-0.1, -0.05) is 47.0 Å². The summed E-state index contributed by atoms with van der Waals surface area (Å²) in [7, 11) is 0. The molecule has 0 fully saturated rings. The van der Waals surface area contributed by atoms with Crippen molar-refractivity contribution in [1.29, 1.82) is 0 Å². The maximum Gasteiger partial charge on any atom is 0.229 e. The molecule has 0 radical (unpaired) electrons. The Kier molecular flexibility index (Phi) is 4.47. The summed E-state index contributed by atoms with van der Waals surface area (Å²) in [5, 5.41) is 0.984. The molecule has 0 aliphatic rings. The molecular weight excluding hydrogens is 327 g/mol. The Bertz CT molecular complexity index is 649. The van der Waals surface area contributed by atoms with Crippen molar-refractivity contribution in [2.45, 2.75) is 0 Å². The molecule has 0 spiro atoms. The van der Waals surface area contributed by atoms with Crippen molar-refractivity contribution in [1.82, 2.24) is 4.98 Å². The molecule has 98 valence electrons. The van der Waals surface area contributed by atoms with Gasteiger partial charge in [-0.15, -0.1) is 0 Å². The van der Waals surface area contributed by atoms with Crippen molar-refractivity contribution in [3.8, 4) is 11.6 Å². The number of hydrogen-bond donors (Lipinski definition) is 1. The largest absolute Gasteiger partial charge is 0.437 e. The Morgan fingerprint density at radius 3 is 2.53 bits per heavy atom. The number of aromatic nitrogens is 1. The average Bonchev–Trinajstić information content (AvgIpc) is 2.36. The van der Waals surface area contributed by atoms with Gasteiger partial charge in [-0.2, -0.15) is 0 Å². The lowest BCUT2D eigenvalue weighted by Crippen LogP contribution is -2.11. The minimum absolute atomic E-state index is 0.180. The maximum absolute atomic E-state index is 6.02. The SMILES string of the molecule is NC(=S)c1cccnc1Oc1cc(Cl)c(Cl)cc1Cl. The van der Waals surface area contributed by atoms with Crippen LogP contribution in [0.1, 0.15) is 5.56 Å². The lowest BCUT2D eigenvalue weighted by Gasteiger charge is -2.10. The van der Waals surface area contributed by atoms with E-state index in [0.717, 1.165) is 0 Å². The molecule has 0 saturated carbocycles. The molecule has 2 rings (SSSR count). The van der Waals surface area contributed by atoms with E-state index < -0.39 is 0 Å². The third-order valence-electron chi connectivity index (χ3n) is 2.22. The van der Waals surface area contributed by atoms with E-state index in [4.69, 9.17) is 57.5 Å². The van der Waals surface area contributed by atoms with Crippen molar-refractivity contribution >= 4 is 52.0 Å². The number of pyridine rings is 1. The zero-order valence-electron chi connectivity index (χ0n) is 9.36. The van der Waals surface area contributed by atoms with Crippen LogP contribution in [0.4, 0.5) is 0 Å². The van der Waals surface area contributed by atoms with Gasteiger partial charge in [0.1, 0.15) is 10.7 Å². The van der Waals surface area contributed by atoms with Gasteiger partial charge >= 0.3 is 0 Å². The van der Waals surface area contributed by atoms with Gasteiger partial charge in [0.2, 0.25) is 5.88 Å². The second kappa shape index (κ2) is 5.92. The molecule has 19 heavy (non-hydrogen) atoms. The van der Waals surface area contributed by atoms with Crippen LogP contribution in [-0.4, -0.2) is 9.97 Å². The van der Waals surface area contributed by atoms with Crippen LogP contribution in [0, 0.1) is 0 Å². The third kappa shape index (κ3) is 3.28. The summed E-state index contributed by atoms with van der Waals surface area (Å²) in [6.45, 7) is 0. The van der Waals surface area contributed by atoms with E-state index in [9.17, 15) is 0 Å². The Morgan fingerprint density at radius 1 is 1.16 bits per heavy atom. The first-order valence-corrected chi connectivity index (χ1v) is 6.60. The highest BCUT2D eigenvalue weighted by atomic mass is 35.5. The smallest absolute Gasteiger partial charge is 0.229 e. The van der Waals surface area contributed by atoms with Crippen LogP contribution in [0.2, 0.25) is 15.1 Å². The fourth-order valence-electron chi connectivity index (χ4n) is 1.35. The van der Waals surface area contributed by atoms with Crippen molar-refractivity contribution in [3.63, 3.8) is 0 Å². The molecule has 3 nitrogen and oxygen atoms in total. The van der Waals surface area contributed by atoms with Crippen LogP contribution in [0.25, 0.3) is 0 Å². The lowest BCUT2D eigenvalue weighted by atomic mass is 10.2. The molecule has 0 saturated heterocycles. The first-order valence-electron chi connectivity index (χ1n) is 5.06. The van der Waals surface area contributed by atoms with Crippen LogP contribution in [-0.2, 0) is 0 Å². The number of nitrogens with zero attached hydrogens (tertiary/aromatic N) is 1. The minimum atomic E-state index is 0.180. The van der Waals surface area contributed by atoms with Gasteiger partial charge in [0.05, 0.1) is 20.6 Å². The monoisotopic (exact) mass is 332 g/mol. The molecule has 2 N–H and O–H groups in total. The van der Waals surface area contributed by atoms with Gasteiger partial charge < -0.3 is 10.5 Å². The van der Waals surface area contributed by atoms with Gasteiger partial charge in [0.25, 0.3) is 0 Å². The van der Waals surface area contributed by atoms with Crippen molar-refractivity contribution in [3.05, 3.63) is 51.1 Å². The fourth-order valence-corrected chi connectivity index (χ4v) is 2.08. The Labute approximate surface area is 130 Å². The summed E-state index contributed by atoms with van der Waals surface area (Å²) in [6.07, 6.45) is 1.56. The highest BCUT2D eigenvalue weighted by Crippen LogP contribution is 2.36. The second-order valence-electron chi connectivity index (χ2n) is 3.52. The van der Waals surface area contributed by atoms with Crippen LogP contribution in [0.3, 0.4) is 0 Å². The predicted molar refractivity (Wildman–Crippen MR) is 81.7 cm³/mol. The highest BCUT2D eigenvalue weighted by Gasteiger charge is 2.12. The molecule has 1 aromatic carbocycles. The summed E-state index contributed by atoms with van der Waals surface area (Å²) < 4.78 is 5.58. The van der Waals surface area contributed by atoms with E-state index in [-0.39, 0.29) is 10.9 Å². The van der Waals surface area contributed by atoms with Crippen LogP contribution >= 0.6 is 47.0 Å². The number of rotatable bonds is 3. The minimum Gasteiger partial charge on any atom is -0.437 e. The highest BCUT2D eigenvalue weighted by molar-refractivity contribution is 7.80. The van der Waals surface area contributed by atoms with E-state index in [0.29, 0.717) is 26.4 Å². The summed E-state index contributed by atoms with van der Waals surface area (Å²) in [5.41, 5.74) is 6.11. The van der Waals surface area contributed by atoms with Gasteiger partial charge in [-0.25, -0.2) is 4.98 Å². The summed E-state index contributed by atoms with van der Waals surface area (Å²) in [6, 6.07) is 6.41. The first kappa shape index (κ1) is 14.3. The number of nitrogens with two attached hydrogens (primary N) is 1. The standard InChI is InChI=1S/C12H7Cl3N2OS/c13-7-4-9(15)10(5-8(7)14)18-12-6(11(16)19)2-1-3-17-12/h1-5H,(H2,16,19). The van der Waals surface area contributed by atoms with Crippen molar-refractivity contribution in [2.24, 2.45) is 5.73 Å². The van der Waals surface area contributed by atoms with E-state index in [2.05, 4.69) is 4.98 Å². The topological polar surface area (TPSA) is 48.1 Å². The number of halogens is 3. The first-order chi connectivity index (χ1) is 8.99. The average molecular weight is 334 g/mol. The summed E-state index contributed by atoms with van der Waals surface area (Å²) >= 11 is 22.7. The van der Waals surface area contributed by atoms with Gasteiger partial charge in [-0.05, 0) is 18.2 Å².